The first-order valence-corrected chi connectivity index (χ1v) is 11.7. The highest BCUT2D eigenvalue weighted by molar-refractivity contribution is 5.89. The molecule has 9 heteroatoms. The molecular formula is C26H33FN6O2. The van der Waals surface area contributed by atoms with Crippen molar-refractivity contribution in [3.63, 3.8) is 0 Å². The Hall–Kier alpha value is -3.64. The summed E-state index contributed by atoms with van der Waals surface area (Å²) in [5.41, 5.74) is 1.58. The van der Waals surface area contributed by atoms with Crippen LogP contribution in [0, 0.1) is 17.1 Å². The van der Waals surface area contributed by atoms with E-state index in [9.17, 15) is 14.0 Å². The number of nitriles is 1. The SMILES string of the molecule is CC(C)(C)NC(=O)N(CCN1CCN(C(=O)Nc2cccc(C#N)c2)CC1)Cc1ccc(F)cc1. The Morgan fingerprint density at radius 1 is 1.09 bits per heavy atom. The van der Waals surface area contributed by atoms with Crippen molar-refractivity contribution < 1.29 is 14.0 Å². The molecule has 2 aromatic rings. The number of nitrogens with zero attached hydrogens (tertiary/aromatic N) is 4. The largest absolute Gasteiger partial charge is 0.333 e. The van der Waals surface area contributed by atoms with E-state index >= 15 is 0 Å². The second-order valence-electron chi connectivity index (χ2n) is 9.68. The molecule has 186 valence electrons. The van der Waals surface area contributed by atoms with Gasteiger partial charge in [-0.15, -0.1) is 0 Å². The summed E-state index contributed by atoms with van der Waals surface area (Å²) >= 11 is 0. The Morgan fingerprint density at radius 2 is 1.77 bits per heavy atom. The first kappa shape index (κ1) is 26.0. The highest BCUT2D eigenvalue weighted by Crippen LogP contribution is 2.13. The molecule has 0 atom stereocenters. The maximum atomic E-state index is 13.3. The summed E-state index contributed by atoms with van der Waals surface area (Å²) in [5.74, 6) is -0.306. The minimum Gasteiger partial charge on any atom is -0.333 e. The van der Waals surface area contributed by atoms with E-state index in [2.05, 4.69) is 21.6 Å². The second kappa shape index (κ2) is 11.7. The third-order valence-electron chi connectivity index (χ3n) is 5.64. The zero-order valence-electron chi connectivity index (χ0n) is 20.6. The molecule has 0 aromatic heterocycles. The first-order valence-electron chi connectivity index (χ1n) is 11.7. The number of nitrogens with one attached hydrogen (secondary N) is 2. The maximum Gasteiger partial charge on any atom is 0.321 e. The molecule has 1 saturated heterocycles. The van der Waals surface area contributed by atoms with E-state index in [-0.39, 0.29) is 23.4 Å². The van der Waals surface area contributed by atoms with E-state index in [0.29, 0.717) is 57.1 Å². The highest BCUT2D eigenvalue weighted by Gasteiger charge is 2.24. The van der Waals surface area contributed by atoms with Gasteiger partial charge >= 0.3 is 12.1 Å². The van der Waals surface area contributed by atoms with E-state index in [1.807, 2.05) is 20.8 Å². The van der Waals surface area contributed by atoms with Crippen LogP contribution in [0.15, 0.2) is 48.5 Å². The van der Waals surface area contributed by atoms with Gasteiger partial charge in [-0.3, -0.25) is 4.90 Å². The molecule has 0 unspecified atom stereocenters. The highest BCUT2D eigenvalue weighted by atomic mass is 19.1. The molecule has 1 aliphatic heterocycles. The van der Waals surface area contributed by atoms with Crippen molar-refractivity contribution in [1.29, 1.82) is 5.26 Å². The Labute approximate surface area is 206 Å². The monoisotopic (exact) mass is 480 g/mol. The average Bonchev–Trinajstić information content (AvgIpc) is 2.82. The first-order chi connectivity index (χ1) is 16.6. The van der Waals surface area contributed by atoms with Gasteiger partial charge in [-0.1, -0.05) is 18.2 Å². The number of carbonyl (C=O) groups is 2. The van der Waals surface area contributed by atoms with Crippen LogP contribution in [0.2, 0.25) is 0 Å². The van der Waals surface area contributed by atoms with E-state index in [4.69, 9.17) is 5.26 Å². The van der Waals surface area contributed by atoms with E-state index in [0.717, 1.165) is 5.56 Å². The van der Waals surface area contributed by atoms with Crippen molar-refractivity contribution in [2.24, 2.45) is 0 Å². The Balaban J connectivity index is 1.52. The quantitative estimate of drug-likeness (QED) is 0.657. The lowest BCUT2D eigenvalue weighted by Crippen LogP contribution is -2.53. The van der Waals surface area contributed by atoms with Crippen LogP contribution in [0.25, 0.3) is 0 Å². The lowest BCUT2D eigenvalue weighted by molar-refractivity contribution is 0.132. The molecule has 0 saturated carbocycles. The lowest BCUT2D eigenvalue weighted by Gasteiger charge is -2.36. The fourth-order valence-corrected chi connectivity index (χ4v) is 3.77. The molecular weight excluding hydrogens is 447 g/mol. The van der Waals surface area contributed by atoms with Crippen LogP contribution in [0.1, 0.15) is 31.9 Å². The Morgan fingerprint density at radius 3 is 2.40 bits per heavy atom. The molecule has 1 fully saturated rings. The third-order valence-corrected chi connectivity index (χ3v) is 5.64. The second-order valence-corrected chi connectivity index (χ2v) is 9.68. The van der Waals surface area contributed by atoms with Gasteiger partial charge in [-0.05, 0) is 56.7 Å². The predicted octanol–water partition coefficient (Wildman–Crippen LogP) is 3.86. The van der Waals surface area contributed by atoms with E-state index < -0.39 is 0 Å². The number of halogens is 1. The van der Waals surface area contributed by atoms with Crippen LogP contribution in [0.4, 0.5) is 19.7 Å². The van der Waals surface area contributed by atoms with Crippen molar-refractivity contribution in [3.8, 4) is 6.07 Å². The Kier molecular flexibility index (Phi) is 8.66. The maximum absolute atomic E-state index is 13.3. The zero-order chi connectivity index (χ0) is 25.4. The van der Waals surface area contributed by atoms with Gasteiger partial charge in [0.25, 0.3) is 0 Å². The van der Waals surface area contributed by atoms with Crippen LogP contribution in [-0.2, 0) is 6.54 Å². The molecule has 35 heavy (non-hydrogen) atoms. The average molecular weight is 481 g/mol. The number of hydrogen-bond acceptors (Lipinski definition) is 4. The summed E-state index contributed by atoms with van der Waals surface area (Å²) in [6, 6.07) is 14.7. The van der Waals surface area contributed by atoms with Gasteiger partial charge < -0.3 is 20.4 Å². The summed E-state index contributed by atoms with van der Waals surface area (Å²) in [6.45, 7) is 9.86. The summed E-state index contributed by atoms with van der Waals surface area (Å²) in [6.07, 6.45) is 0. The fraction of sp³-hybridized carbons (Fsp3) is 0.423. The van der Waals surface area contributed by atoms with Crippen LogP contribution in [0.3, 0.4) is 0 Å². The van der Waals surface area contributed by atoms with Crippen LogP contribution >= 0.6 is 0 Å². The van der Waals surface area contributed by atoms with Gasteiger partial charge in [-0.2, -0.15) is 5.26 Å². The van der Waals surface area contributed by atoms with Crippen LogP contribution < -0.4 is 10.6 Å². The molecule has 4 amide bonds. The van der Waals surface area contributed by atoms with E-state index in [1.54, 1.807) is 46.2 Å². The number of piperazine rings is 1. The van der Waals surface area contributed by atoms with Gasteiger partial charge in [0.2, 0.25) is 0 Å². The van der Waals surface area contributed by atoms with Crippen LogP contribution in [-0.4, -0.2) is 71.6 Å². The molecule has 0 radical (unpaired) electrons. The minimum atomic E-state index is -0.371. The molecule has 0 bridgehead atoms. The van der Waals surface area contributed by atoms with Crippen molar-refractivity contribution in [2.45, 2.75) is 32.9 Å². The summed E-state index contributed by atoms with van der Waals surface area (Å²) in [5, 5.41) is 14.9. The normalized spacial score (nSPS) is 14.2. The van der Waals surface area contributed by atoms with Crippen molar-refractivity contribution >= 4 is 17.7 Å². The molecule has 0 aliphatic carbocycles. The smallest absolute Gasteiger partial charge is 0.321 e. The van der Waals surface area contributed by atoms with Crippen molar-refractivity contribution in [1.82, 2.24) is 20.0 Å². The molecule has 3 rings (SSSR count). The number of anilines is 1. The number of carbonyl (C=O) groups excluding carboxylic acids is 2. The number of benzene rings is 2. The predicted molar refractivity (Wildman–Crippen MR) is 133 cm³/mol. The number of urea groups is 2. The molecule has 8 nitrogen and oxygen atoms in total. The summed E-state index contributed by atoms with van der Waals surface area (Å²) in [7, 11) is 0. The molecule has 1 heterocycles. The van der Waals surface area contributed by atoms with Crippen molar-refractivity contribution in [3.05, 3.63) is 65.5 Å². The summed E-state index contributed by atoms with van der Waals surface area (Å²) in [4.78, 5) is 31.2. The standard InChI is InChI=1S/C26H33FN6O2/c1-26(2,3)30-25(35)33(19-20-7-9-22(27)10-8-20)16-13-31-11-14-32(15-12-31)24(34)29-23-6-4-5-21(17-23)18-28/h4-10,17H,11-16,19H2,1-3H3,(H,29,34)(H,30,35). The van der Waals surface area contributed by atoms with Crippen LogP contribution in [0.5, 0.6) is 0 Å². The van der Waals surface area contributed by atoms with Gasteiger partial charge in [-0.25, -0.2) is 14.0 Å². The van der Waals surface area contributed by atoms with Gasteiger partial charge in [0.05, 0.1) is 11.6 Å². The fourth-order valence-electron chi connectivity index (χ4n) is 3.77. The van der Waals surface area contributed by atoms with Gasteiger partial charge in [0, 0.05) is 57.0 Å². The lowest BCUT2D eigenvalue weighted by atomic mass is 10.1. The van der Waals surface area contributed by atoms with E-state index in [1.165, 1.54) is 12.1 Å². The molecule has 2 N–H and O–H groups in total. The van der Waals surface area contributed by atoms with Gasteiger partial charge in [0.15, 0.2) is 0 Å². The minimum absolute atomic E-state index is 0.167. The zero-order valence-corrected chi connectivity index (χ0v) is 20.6. The molecule has 0 spiro atoms. The van der Waals surface area contributed by atoms with Gasteiger partial charge in [0.1, 0.15) is 5.82 Å². The topological polar surface area (TPSA) is 91.7 Å². The Bertz CT molecular complexity index is 1050. The number of rotatable bonds is 6. The van der Waals surface area contributed by atoms with Crippen molar-refractivity contribution in [2.75, 3.05) is 44.6 Å². The third kappa shape index (κ3) is 8.26. The number of amides is 4. The molecule has 1 aliphatic rings. The molecule has 2 aromatic carbocycles. The number of hydrogen-bond donors (Lipinski definition) is 2. The summed E-state index contributed by atoms with van der Waals surface area (Å²) < 4.78 is 13.3.